The van der Waals surface area contributed by atoms with Gasteiger partial charge in [0, 0.05) is 10.8 Å². The van der Waals surface area contributed by atoms with Crippen molar-refractivity contribution >= 4 is 43.5 Å². The molecule has 0 aliphatic heterocycles. The quantitative estimate of drug-likeness (QED) is 0.190. The lowest BCUT2D eigenvalue weighted by molar-refractivity contribution is 0.669. The van der Waals surface area contributed by atoms with E-state index < -0.39 is 0 Å². The number of hydrogen-bond acceptors (Lipinski definition) is 1. The van der Waals surface area contributed by atoms with Gasteiger partial charge in [0.05, 0.1) is 5.48 Å². The minimum absolute atomic E-state index is 0.0833. The van der Waals surface area contributed by atoms with Crippen LogP contribution in [-0.4, -0.2) is 0 Å². The van der Waals surface area contributed by atoms with E-state index >= 15 is 0 Å². The van der Waals surface area contributed by atoms with Gasteiger partial charge in [-0.2, -0.15) is 0 Å². The molecular weight excluding hydrogens is 544 g/mol. The smallest absolute Gasteiger partial charge is 0.136 e. The molecule has 0 amide bonds. The van der Waals surface area contributed by atoms with Crippen LogP contribution in [0.5, 0.6) is 0 Å². The van der Waals surface area contributed by atoms with E-state index in [-0.39, 0.29) is 24.2 Å². The summed E-state index contributed by atoms with van der Waals surface area (Å²) in [5.41, 5.74) is 8.12. The van der Waals surface area contributed by atoms with Crippen molar-refractivity contribution in [3.63, 3.8) is 0 Å². The zero-order valence-corrected chi connectivity index (χ0v) is 24.3. The Hall–Kier alpha value is -5.92. The van der Waals surface area contributed by atoms with Crippen LogP contribution in [0.25, 0.3) is 88.0 Å². The van der Waals surface area contributed by atoms with E-state index in [1.807, 2.05) is 91.0 Å². The molecule has 1 heterocycles. The molecule has 0 aliphatic carbocycles. The van der Waals surface area contributed by atoms with Crippen LogP contribution in [0, 0.1) is 0 Å². The highest BCUT2D eigenvalue weighted by Crippen LogP contribution is 2.46. The molecule has 0 bridgehead atoms. The van der Waals surface area contributed by atoms with Gasteiger partial charge in [-0.1, -0.05) is 146 Å². The zero-order chi connectivity index (χ0) is 33.2. The van der Waals surface area contributed by atoms with Crippen molar-refractivity contribution in [1.82, 2.24) is 0 Å². The predicted octanol–water partition coefficient (Wildman–Crippen LogP) is 12.6. The maximum absolute atomic E-state index is 9.47. The minimum atomic E-state index is -0.186. The summed E-state index contributed by atoms with van der Waals surface area (Å²) in [6.07, 6.45) is 0. The molecule has 0 aliphatic rings. The maximum atomic E-state index is 9.47. The van der Waals surface area contributed by atoms with Crippen molar-refractivity contribution in [2.45, 2.75) is 0 Å². The topological polar surface area (TPSA) is 13.1 Å². The van der Waals surface area contributed by atoms with Crippen LogP contribution in [0.1, 0.15) is 5.48 Å². The third-order valence-electron chi connectivity index (χ3n) is 8.74. The van der Waals surface area contributed by atoms with Crippen molar-refractivity contribution in [2.24, 2.45) is 0 Å². The molecule has 1 aromatic heterocycles. The van der Waals surface area contributed by atoms with Crippen molar-refractivity contribution in [1.29, 1.82) is 0 Å². The molecule has 0 saturated heterocycles. The first kappa shape index (κ1) is 21.7. The highest BCUT2D eigenvalue weighted by atomic mass is 16.3. The summed E-state index contributed by atoms with van der Waals surface area (Å²) in [4.78, 5) is 0. The van der Waals surface area contributed by atoms with Crippen LogP contribution in [0.15, 0.2) is 174 Å². The molecule has 0 radical (unpaired) electrons. The molecule has 45 heavy (non-hydrogen) atoms. The first-order valence-corrected chi connectivity index (χ1v) is 15.1. The summed E-state index contributed by atoms with van der Waals surface area (Å²) in [6, 6.07) is 48.2. The van der Waals surface area contributed by atoms with E-state index in [0.29, 0.717) is 16.7 Å². The van der Waals surface area contributed by atoms with Crippen molar-refractivity contribution in [3.05, 3.63) is 170 Å². The summed E-state index contributed by atoms with van der Waals surface area (Å²) < 4.78 is 42.6. The van der Waals surface area contributed by atoms with Gasteiger partial charge in [-0.3, -0.25) is 0 Å². The largest absolute Gasteiger partial charge is 0.456 e. The Morgan fingerprint density at radius 3 is 1.64 bits per heavy atom. The maximum Gasteiger partial charge on any atom is 0.136 e. The SMILES string of the molecule is [2H]c1c([2H])c(-c2ccccc2)c([2H])c(-c2c3ccccc3c(-c3ccc4oc5cccc(-c6ccccc6)c5c4c3)c3ccccc23)c1[2H]. The lowest BCUT2D eigenvalue weighted by Gasteiger charge is -2.18. The second kappa shape index (κ2) is 10.4. The molecule has 1 heteroatoms. The molecule has 0 unspecified atom stereocenters. The van der Waals surface area contributed by atoms with E-state index in [0.717, 1.165) is 71.3 Å². The number of benzene rings is 8. The van der Waals surface area contributed by atoms with Crippen molar-refractivity contribution < 1.29 is 9.90 Å². The van der Waals surface area contributed by atoms with Gasteiger partial charge < -0.3 is 4.42 Å². The molecule has 0 saturated carbocycles. The number of fused-ring (bicyclic) bond motifs is 5. The van der Waals surface area contributed by atoms with Gasteiger partial charge >= 0.3 is 0 Å². The molecule has 9 aromatic rings. The lowest BCUT2D eigenvalue weighted by atomic mass is 9.85. The van der Waals surface area contributed by atoms with E-state index in [1.165, 1.54) is 0 Å². The second-order valence-electron chi connectivity index (χ2n) is 11.3. The van der Waals surface area contributed by atoms with Crippen LogP contribution in [0.3, 0.4) is 0 Å². The Morgan fingerprint density at radius 2 is 0.978 bits per heavy atom. The van der Waals surface area contributed by atoms with E-state index in [9.17, 15) is 1.37 Å². The lowest BCUT2D eigenvalue weighted by Crippen LogP contribution is -1.91. The van der Waals surface area contributed by atoms with Gasteiger partial charge in [-0.05, 0) is 90.3 Å². The van der Waals surface area contributed by atoms with Gasteiger partial charge in [0.25, 0.3) is 0 Å². The standard InChI is InChI=1S/C44H28O/c1-3-13-29(14-4-1)31-17-11-18-32(27-31)42-35-19-7-9-21-37(35)43(38-22-10-8-20-36(38)42)33-25-26-40-39(28-33)44-34(23-12-24-41(44)45-40)30-15-5-2-6-16-30/h1-28H/i11D,17D,18D,27D. The summed E-state index contributed by atoms with van der Waals surface area (Å²) in [5, 5.41) is 5.83. The average molecular weight is 577 g/mol. The Bertz CT molecular complexity index is 2690. The third-order valence-corrected chi connectivity index (χ3v) is 8.74. The fourth-order valence-corrected chi connectivity index (χ4v) is 6.77. The summed E-state index contributed by atoms with van der Waals surface area (Å²) in [7, 11) is 0. The van der Waals surface area contributed by atoms with Gasteiger partial charge in [0.15, 0.2) is 0 Å². The van der Waals surface area contributed by atoms with E-state index in [2.05, 4.69) is 54.6 Å². The molecule has 0 atom stereocenters. The van der Waals surface area contributed by atoms with Crippen LogP contribution in [0.4, 0.5) is 0 Å². The Balaban J connectivity index is 1.37. The molecule has 9 rings (SSSR count). The number of rotatable bonds is 4. The molecule has 8 aromatic carbocycles. The van der Waals surface area contributed by atoms with Gasteiger partial charge in [0.1, 0.15) is 11.2 Å². The first-order valence-electron chi connectivity index (χ1n) is 17.1. The van der Waals surface area contributed by atoms with Gasteiger partial charge in [0.2, 0.25) is 0 Å². The van der Waals surface area contributed by atoms with Crippen LogP contribution in [-0.2, 0) is 0 Å². The van der Waals surface area contributed by atoms with Crippen LogP contribution < -0.4 is 0 Å². The average Bonchev–Trinajstić information content (AvgIpc) is 3.53. The Labute approximate surface area is 267 Å². The van der Waals surface area contributed by atoms with E-state index in [4.69, 9.17) is 8.53 Å². The molecule has 0 fully saturated rings. The van der Waals surface area contributed by atoms with E-state index in [1.54, 1.807) is 0 Å². The fourth-order valence-electron chi connectivity index (χ4n) is 6.77. The zero-order valence-electron chi connectivity index (χ0n) is 28.3. The fraction of sp³-hybridized carbons (Fsp3) is 0. The molecule has 0 spiro atoms. The number of hydrogen-bond donors (Lipinski definition) is 0. The summed E-state index contributed by atoms with van der Waals surface area (Å²) in [5.74, 6) is 0. The Kier molecular flexibility index (Phi) is 5.00. The monoisotopic (exact) mass is 576 g/mol. The third kappa shape index (κ3) is 4.17. The molecule has 0 N–H and O–H groups in total. The van der Waals surface area contributed by atoms with Crippen LogP contribution >= 0.6 is 0 Å². The normalized spacial score (nSPS) is 12.8. The highest BCUT2D eigenvalue weighted by Gasteiger charge is 2.19. The summed E-state index contributed by atoms with van der Waals surface area (Å²) >= 11 is 0. The van der Waals surface area contributed by atoms with Gasteiger partial charge in [-0.25, -0.2) is 0 Å². The molecular formula is C44H28O. The predicted molar refractivity (Wildman–Crippen MR) is 190 cm³/mol. The molecule has 210 valence electrons. The number of furan rings is 1. The Morgan fingerprint density at radius 1 is 0.400 bits per heavy atom. The van der Waals surface area contributed by atoms with Crippen molar-refractivity contribution in [3.8, 4) is 44.5 Å². The summed E-state index contributed by atoms with van der Waals surface area (Å²) in [6.45, 7) is 0. The van der Waals surface area contributed by atoms with Crippen molar-refractivity contribution in [2.75, 3.05) is 0 Å². The highest BCUT2D eigenvalue weighted by molar-refractivity contribution is 6.22. The minimum Gasteiger partial charge on any atom is -0.456 e. The van der Waals surface area contributed by atoms with Gasteiger partial charge in [-0.15, -0.1) is 0 Å². The van der Waals surface area contributed by atoms with Crippen LogP contribution in [0.2, 0.25) is 0 Å². The second-order valence-corrected chi connectivity index (χ2v) is 11.3. The first-order chi connectivity index (χ1) is 24.0. The molecule has 1 nitrogen and oxygen atoms in total.